The van der Waals surface area contributed by atoms with Crippen molar-refractivity contribution in [1.29, 1.82) is 0 Å². The number of nitrogens with zero attached hydrogens (tertiary/aromatic N) is 6. The van der Waals surface area contributed by atoms with Crippen LogP contribution in [0.25, 0.3) is 0 Å². The van der Waals surface area contributed by atoms with Gasteiger partial charge in [0.2, 0.25) is 5.91 Å². The third-order valence-corrected chi connectivity index (χ3v) is 9.71. The third kappa shape index (κ3) is 15.4. The van der Waals surface area contributed by atoms with E-state index in [0.717, 1.165) is 23.2 Å². The molecule has 1 aromatic rings. The summed E-state index contributed by atoms with van der Waals surface area (Å²) in [6, 6.07) is 5.46. The topological polar surface area (TPSA) is 212 Å². The Bertz CT molecular complexity index is 1250. The van der Waals surface area contributed by atoms with Crippen molar-refractivity contribution in [3.8, 4) is 0 Å². The lowest BCUT2D eigenvalue weighted by Gasteiger charge is -2.37. The predicted octanol–water partition coefficient (Wildman–Crippen LogP) is -1.24. The van der Waals surface area contributed by atoms with Crippen molar-refractivity contribution in [2.45, 2.75) is 25.3 Å². The molecule has 2 fully saturated rings. The van der Waals surface area contributed by atoms with Gasteiger partial charge in [0, 0.05) is 96.6 Å². The number of carbonyl (C=O) groups is 5. The molecule has 2 heterocycles. The number of hydrogen-bond donors (Lipinski definition) is 5. The molecule has 1 atom stereocenters. The summed E-state index contributed by atoms with van der Waals surface area (Å²) in [6.07, 6.45) is 0. The second-order valence-electron chi connectivity index (χ2n) is 12.7. The second kappa shape index (κ2) is 20.4. The van der Waals surface area contributed by atoms with Crippen molar-refractivity contribution < 1.29 is 44.4 Å². The normalized spacial score (nSPS) is 19.1. The highest BCUT2D eigenvalue weighted by molar-refractivity contribution is 7.98. The molecule has 1 unspecified atom stereocenters. The third-order valence-electron chi connectivity index (χ3n) is 8.58. The zero-order chi connectivity index (χ0) is 35.9. The number of aliphatic carboxylic acids is 4. The van der Waals surface area contributed by atoms with Gasteiger partial charge in [0.05, 0.1) is 26.2 Å². The molecule has 0 bridgehead atoms. The first-order chi connectivity index (χ1) is 23.3. The summed E-state index contributed by atoms with van der Waals surface area (Å²) in [4.78, 5) is 70.3. The number of hydrogen-bond acceptors (Lipinski definition) is 12. The Morgan fingerprint density at radius 3 is 1.47 bits per heavy atom. The molecule has 17 heteroatoms. The van der Waals surface area contributed by atoms with Crippen molar-refractivity contribution in [3.63, 3.8) is 0 Å². The van der Waals surface area contributed by atoms with Crippen LogP contribution in [0.3, 0.4) is 0 Å². The van der Waals surface area contributed by atoms with E-state index in [1.807, 2.05) is 16.7 Å². The van der Waals surface area contributed by atoms with Crippen LogP contribution in [-0.4, -0.2) is 196 Å². The standard InChI is InChI=1S/C32H51N7O9S/c1-24-14-25(16-26(15-24)22-49-23-27(33)32(47)48)17-34-10-12-39(13-11-34)28(40)18-35-2-4-36(19-29(41)42)6-8-38(21-31(45)46)9-7-37(5-3-35)20-30(43)44/h14-16,27H,2-13,17-23,33H2,1H3,(H,41,42)(H,43,44)(H,45,46)(H,47,48). The first kappa shape index (κ1) is 40.1. The van der Waals surface area contributed by atoms with Gasteiger partial charge in [0.25, 0.3) is 0 Å². The van der Waals surface area contributed by atoms with Gasteiger partial charge in [-0.1, -0.05) is 23.8 Å². The summed E-state index contributed by atoms with van der Waals surface area (Å²) in [6.45, 7) is 7.52. The fourth-order valence-corrected chi connectivity index (χ4v) is 6.90. The Kier molecular flexibility index (Phi) is 16.7. The zero-order valence-electron chi connectivity index (χ0n) is 28.2. The van der Waals surface area contributed by atoms with Crippen molar-refractivity contribution >= 4 is 41.5 Å². The van der Waals surface area contributed by atoms with E-state index in [-0.39, 0.29) is 32.1 Å². The van der Waals surface area contributed by atoms with Gasteiger partial charge in [0.15, 0.2) is 0 Å². The largest absolute Gasteiger partial charge is 0.480 e. The molecule has 2 saturated heterocycles. The molecular weight excluding hydrogens is 658 g/mol. The lowest BCUT2D eigenvalue weighted by molar-refractivity contribution is -0.141. The Hall–Kier alpha value is -3.32. The van der Waals surface area contributed by atoms with E-state index < -0.39 is 29.9 Å². The lowest BCUT2D eigenvalue weighted by atomic mass is 10.1. The zero-order valence-corrected chi connectivity index (χ0v) is 29.1. The average molecular weight is 710 g/mol. The molecule has 0 radical (unpaired) electrons. The Labute approximate surface area is 291 Å². The number of piperazine rings is 1. The number of rotatable bonds is 15. The highest BCUT2D eigenvalue weighted by Crippen LogP contribution is 2.19. The van der Waals surface area contributed by atoms with Crippen LogP contribution in [-0.2, 0) is 36.3 Å². The van der Waals surface area contributed by atoms with Gasteiger partial charge in [-0.25, -0.2) is 0 Å². The van der Waals surface area contributed by atoms with E-state index >= 15 is 0 Å². The number of benzene rings is 1. The monoisotopic (exact) mass is 709 g/mol. The molecule has 2 aliphatic rings. The van der Waals surface area contributed by atoms with E-state index in [1.165, 1.54) is 11.8 Å². The van der Waals surface area contributed by atoms with Gasteiger partial charge in [-0.2, -0.15) is 11.8 Å². The lowest BCUT2D eigenvalue weighted by Crippen LogP contribution is -2.53. The van der Waals surface area contributed by atoms with E-state index in [4.69, 9.17) is 10.8 Å². The molecule has 1 amide bonds. The molecule has 6 N–H and O–H groups in total. The molecule has 3 rings (SSSR count). The van der Waals surface area contributed by atoms with Crippen molar-refractivity contribution in [2.75, 3.05) is 110 Å². The molecule has 2 aliphatic heterocycles. The average Bonchev–Trinajstić information content (AvgIpc) is 3.01. The van der Waals surface area contributed by atoms with Gasteiger partial charge in [-0.15, -0.1) is 0 Å². The maximum absolute atomic E-state index is 13.5. The minimum atomic E-state index is -1.01. The van der Waals surface area contributed by atoms with E-state index in [9.17, 15) is 39.3 Å². The number of nitrogens with two attached hydrogens (primary N) is 1. The molecule has 16 nitrogen and oxygen atoms in total. The second-order valence-corrected chi connectivity index (χ2v) is 13.8. The van der Waals surface area contributed by atoms with Crippen LogP contribution in [0.4, 0.5) is 0 Å². The quantitative estimate of drug-likeness (QED) is 0.144. The van der Waals surface area contributed by atoms with Crippen LogP contribution in [0.2, 0.25) is 0 Å². The number of thioether (sulfide) groups is 1. The molecule has 274 valence electrons. The highest BCUT2D eigenvalue weighted by atomic mass is 32.2. The Morgan fingerprint density at radius 2 is 1.04 bits per heavy atom. The maximum Gasteiger partial charge on any atom is 0.321 e. The van der Waals surface area contributed by atoms with Gasteiger partial charge in [-0.3, -0.25) is 48.5 Å². The van der Waals surface area contributed by atoms with Crippen LogP contribution in [0.1, 0.15) is 16.7 Å². The maximum atomic E-state index is 13.5. The number of carboxylic acids is 4. The van der Waals surface area contributed by atoms with Crippen LogP contribution >= 0.6 is 11.8 Å². The van der Waals surface area contributed by atoms with E-state index in [1.54, 1.807) is 14.7 Å². The van der Waals surface area contributed by atoms with Crippen LogP contribution in [0, 0.1) is 6.92 Å². The minimum absolute atomic E-state index is 0.0385. The van der Waals surface area contributed by atoms with Crippen molar-refractivity contribution in [2.24, 2.45) is 5.73 Å². The SMILES string of the molecule is Cc1cc(CSCC(N)C(=O)O)cc(CN2CCN(C(=O)CN3CCN(CC(=O)O)CCN(CC(=O)O)CCN(CC(=O)O)CC3)CC2)c1. The van der Waals surface area contributed by atoms with Gasteiger partial charge in [-0.05, 0) is 18.1 Å². The number of carbonyl (C=O) groups excluding carboxylic acids is 1. The van der Waals surface area contributed by atoms with Gasteiger partial charge < -0.3 is 31.1 Å². The Morgan fingerprint density at radius 1 is 0.633 bits per heavy atom. The summed E-state index contributed by atoms with van der Waals surface area (Å²) < 4.78 is 0. The molecule has 0 spiro atoms. The summed E-state index contributed by atoms with van der Waals surface area (Å²) >= 11 is 1.49. The fourth-order valence-electron chi connectivity index (χ4n) is 5.99. The highest BCUT2D eigenvalue weighted by Gasteiger charge is 2.25. The summed E-state index contributed by atoms with van der Waals surface area (Å²) in [5, 5.41) is 37.3. The molecule has 0 aliphatic carbocycles. The summed E-state index contributed by atoms with van der Waals surface area (Å²) in [5.74, 6) is -3.05. The van der Waals surface area contributed by atoms with Gasteiger partial charge >= 0.3 is 23.9 Å². The fraction of sp³-hybridized carbons (Fsp3) is 0.656. The van der Waals surface area contributed by atoms with Gasteiger partial charge in [0.1, 0.15) is 6.04 Å². The summed E-state index contributed by atoms with van der Waals surface area (Å²) in [7, 11) is 0. The molecule has 1 aromatic carbocycles. The minimum Gasteiger partial charge on any atom is -0.480 e. The van der Waals surface area contributed by atoms with E-state index in [0.29, 0.717) is 90.0 Å². The summed E-state index contributed by atoms with van der Waals surface area (Å²) in [5.41, 5.74) is 9.01. The number of amides is 1. The van der Waals surface area contributed by atoms with Crippen LogP contribution < -0.4 is 5.73 Å². The molecule has 49 heavy (non-hydrogen) atoms. The van der Waals surface area contributed by atoms with Crippen LogP contribution in [0.5, 0.6) is 0 Å². The Balaban J connectivity index is 1.57. The first-order valence-electron chi connectivity index (χ1n) is 16.5. The molecule has 0 aromatic heterocycles. The van der Waals surface area contributed by atoms with Crippen molar-refractivity contribution in [1.82, 2.24) is 29.4 Å². The number of carboxylic acid groups (broad SMARTS) is 4. The predicted molar refractivity (Wildman–Crippen MR) is 183 cm³/mol. The first-order valence-corrected chi connectivity index (χ1v) is 17.6. The van der Waals surface area contributed by atoms with Crippen LogP contribution in [0.15, 0.2) is 18.2 Å². The van der Waals surface area contributed by atoms with Crippen molar-refractivity contribution in [3.05, 3.63) is 34.9 Å². The number of aryl methyl sites for hydroxylation is 1. The molecule has 0 saturated carbocycles. The molecular formula is C32H51N7O9S. The van der Waals surface area contributed by atoms with E-state index in [2.05, 4.69) is 23.1 Å². The smallest absolute Gasteiger partial charge is 0.321 e.